The molecule has 1 amide bonds. The molecule has 3 nitrogen and oxygen atoms in total. The summed E-state index contributed by atoms with van der Waals surface area (Å²) >= 11 is 1.73. The van der Waals surface area contributed by atoms with E-state index in [0.717, 1.165) is 18.7 Å². The topological polar surface area (TPSA) is 55.1 Å². The van der Waals surface area contributed by atoms with Crippen molar-refractivity contribution in [1.29, 1.82) is 0 Å². The normalized spacial score (nSPS) is 18.1. The number of halogens is 1. The molecule has 3 N–H and O–H groups in total. The molecule has 108 valence electrons. The summed E-state index contributed by atoms with van der Waals surface area (Å²) in [6.45, 7) is 5.30. The van der Waals surface area contributed by atoms with E-state index in [9.17, 15) is 4.79 Å². The van der Waals surface area contributed by atoms with Gasteiger partial charge in [-0.15, -0.1) is 12.4 Å². The molecule has 0 spiro atoms. The first-order valence-electron chi connectivity index (χ1n) is 6.51. The minimum absolute atomic E-state index is 0. The molecule has 0 heterocycles. The highest BCUT2D eigenvalue weighted by atomic mass is 35.5. The maximum Gasteiger partial charge on any atom is 0.236 e. The fourth-order valence-electron chi connectivity index (χ4n) is 2.28. The lowest BCUT2D eigenvalue weighted by Crippen LogP contribution is -2.43. The second-order valence-corrected chi connectivity index (χ2v) is 6.69. The number of carbonyl (C=O) groups excluding carboxylic acids is 1. The van der Waals surface area contributed by atoms with E-state index in [1.807, 2.05) is 6.26 Å². The van der Waals surface area contributed by atoms with E-state index >= 15 is 0 Å². The molecule has 1 saturated carbocycles. The van der Waals surface area contributed by atoms with E-state index in [-0.39, 0.29) is 24.4 Å². The third-order valence-electron chi connectivity index (χ3n) is 3.41. The average Bonchev–Trinajstić information content (AvgIpc) is 3.02. The monoisotopic (exact) mass is 294 g/mol. The number of amides is 1. The van der Waals surface area contributed by atoms with Crippen LogP contribution in [0, 0.1) is 11.3 Å². The SMILES string of the molecule is CSCC[C@H](N)C(=O)NCC1(CC(C)C)CC1.Cl. The van der Waals surface area contributed by atoms with Crippen LogP contribution in [0.25, 0.3) is 0 Å². The van der Waals surface area contributed by atoms with Gasteiger partial charge in [-0.05, 0) is 49.0 Å². The van der Waals surface area contributed by atoms with Crippen molar-refractivity contribution in [2.45, 2.75) is 45.6 Å². The Bertz CT molecular complexity index is 257. The van der Waals surface area contributed by atoms with Gasteiger partial charge < -0.3 is 11.1 Å². The number of thioether (sulfide) groups is 1. The van der Waals surface area contributed by atoms with Crippen molar-refractivity contribution < 1.29 is 4.79 Å². The van der Waals surface area contributed by atoms with Crippen LogP contribution in [0.3, 0.4) is 0 Å². The molecule has 1 aliphatic carbocycles. The van der Waals surface area contributed by atoms with Crippen molar-refractivity contribution in [3.63, 3.8) is 0 Å². The average molecular weight is 295 g/mol. The first kappa shape index (κ1) is 18.1. The van der Waals surface area contributed by atoms with Crippen molar-refractivity contribution in [2.75, 3.05) is 18.6 Å². The molecule has 1 fully saturated rings. The molecule has 0 bridgehead atoms. The molecule has 0 aromatic rings. The van der Waals surface area contributed by atoms with Gasteiger partial charge >= 0.3 is 0 Å². The minimum atomic E-state index is -0.336. The van der Waals surface area contributed by atoms with E-state index in [4.69, 9.17) is 5.73 Å². The minimum Gasteiger partial charge on any atom is -0.354 e. The fourth-order valence-corrected chi connectivity index (χ4v) is 2.77. The van der Waals surface area contributed by atoms with E-state index in [1.54, 1.807) is 11.8 Å². The number of nitrogens with one attached hydrogen (secondary N) is 1. The van der Waals surface area contributed by atoms with Gasteiger partial charge in [0.2, 0.25) is 5.91 Å². The Morgan fingerprint density at radius 1 is 1.44 bits per heavy atom. The van der Waals surface area contributed by atoms with Gasteiger partial charge in [-0.3, -0.25) is 4.79 Å². The molecule has 0 radical (unpaired) electrons. The van der Waals surface area contributed by atoms with Gasteiger partial charge in [-0.2, -0.15) is 11.8 Å². The van der Waals surface area contributed by atoms with Crippen LogP contribution in [0.2, 0.25) is 0 Å². The molecule has 18 heavy (non-hydrogen) atoms. The van der Waals surface area contributed by atoms with E-state index in [0.29, 0.717) is 11.3 Å². The third-order valence-corrected chi connectivity index (χ3v) is 4.05. The fraction of sp³-hybridized carbons (Fsp3) is 0.923. The van der Waals surface area contributed by atoms with Crippen LogP contribution < -0.4 is 11.1 Å². The van der Waals surface area contributed by atoms with Gasteiger partial charge in [0.1, 0.15) is 0 Å². The molecular weight excluding hydrogens is 268 g/mol. The van der Waals surface area contributed by atoms with Crippen LogP contribution >= 0.6 is 24.2 Å². The maximum absolute atomic E-state index is 11.8. The van der Waals surface area contributed by atoms with Crippen LogP contribution in [0.1, 0.15) is 39.5 Å². The Balaban J connectivity index is 0.00000289. The number of carbonyl (C=O) groups is 1. The molecule has 5 heteroatoms. The van der Waals surface area contributed by atoms with Gasteiger partial charge in [-0.1, -0.05) is 13.8 Å². The number of hydrogen-bond donors (Lipinski definition) is 2. The second kappa shape index (κ2) is 8.28. The largest absolute Gasteiger partial charge is 0.354 e. The maximum atomic E-state index is 11.8. The first-order valence-corrected chi connectivity index (χ1v) is 7.91. The van der Waals surface area contributed by atoms with Crippen LogP contribution in [0.4, 0.5) is 0 Å². The quantitative estimate of drug-likeness (QED) is 0.723. The lowest BCUT2D eigenvalue weighted by atomic mass is 9.94. The van der Waals surface area contributed by atoms with Gasteiger partial charge in [-0.25, -0.2) is 0 Å². The molecular formula is C13H27ClN2OS. The number of rotatable bonds is 8. The zero-order chi connectivity index (χ0) is 12.9. The standard InChI is InChI=1S/C13H26N2OS.ClH/c1-10(2)8-13(5-6-13)9-15-12(16)11(14)4-7-17-3;/h10-11H,4-9,14H2,1-3H3,(H,15,16);1H/t11-;/m0./s1. The van der Waals surface area contributed by atoms with Gasteiger partial charge in [0.25, 0.3) is 0 Å². The second-order valence-electron chi connectivity index (χ2n) is 5.70. The number of hydrogen-bond acceptors (Lipinski definition) is 3. The molecule has 0 aromatic heterocycles. The molecule has 0 aliphatic heterocycles. The van der Waals surface area contributed by atoms with Crippen molar-refractivity contribution >= 4 is 30.1 Å². The highest BCUT2D eigenvalue weighted by Gasteiger charge is 2.42. The summed E-state index contributed by atoms with van der Waals surface area (Å²) in [6.07, 6.45) is 6.53. The summed E-state index contributed by atoms with van der Waals surface area (Å²) in [5.41, 5.74) is 6.22. The van der Waals surface area contributed by atoms with Crippen LogP contribution in [0.15, 0.2) is 0 Å². The molecule has 0 unspecified atom stereocenters. The Morgan fingerprint density at radius 3 is 2.50 bits per heavy atom. The van der Waals surface area contributed by atoms with Crippen LogP contribution in [0.5, 0.6) is 0 Å². The first-order chi connectivity index (χ1) is 7.99. The Hall–Kier alpha value is 0.0700. The lowest BCUT2D eigenvalue weighted by Gasteiger charge is -2.19. The highest BCUT2D eigenvalue weighted by Crippen LogP contribution is 2.49. The Labute approximate surface area is 121 Å². The van der Waals surface area contributed by atoms with Crippen LogP contribution in [-0.2, 0) is 4.79 Å². The van der Waals surface area contributed by atoms with Crippen LogP contribution in [-0.4, -0.2) is 30.5 Å². The lowest BCUT2D eigenvalue weighted by molar-refractivity contribution is -0.122. The summed E-state index contributed by atoms with van der Waals surface area (Å²) in [5.74, 6) is 1.68. The van der Waals surface area contributed by atoms with Crippen molar-refractivity contribution in [3.05, 3.63) is 0 Å². The van der Waals surface area contributed by atoms with Gasteiger partial charge in [0.05, 0.1) is 6.04 Å². The molecule has 1 aliphatic rings. The van der Waals surface area contributed by atoms with Crippen molar-refractivity contribution in [1.82, 2.24) is 5.32 Å². The zero-order valence-corrected chi connectivity index (χ0v) is 13.3. The summed E-state index contributed by atoms with van der Waals surface area (Å²) < 4.78 is 0. The van der Waals surface area contributed by atoms with Crippen molar-refractivity contribution in [2.24, 2.45) is 17.1 Å². The molecule has 1 rings (SSSR count). The summed E-state index contributed by atoms with van der Waals surface area (Å²) in [4.78, 5) is 11.8. The van der Waals surface area contributed by atoms with E-state index < -0.39 is 0 Å². The Morgan fingerprint density at radius 2 is 2.06 bits per heavy atom. The predicted octanol–water partition coefficient (Wildman–Crippen LogP) is 2.43. The number of nitrogens with two attached hydrogens (primary N) is 1. The van der Waals surface area contributed by atoms with Crippen molar-refractivity contribution in [3.8, 4) is 0 Å². The summed E-state index contributed by atoms with van der Waals surface area (Å²) in [6, 6.07) is -0.336. The Kier molecular flexibility index (Phi) is 8.31. The highest BCUT2D eigenvalue weighted by molar-refractivity contribution is 7.98. The molecule has 0 aromatic carbocycles. The third kappa shape index (κ3) is 6.30. The summed E-state index contributed by atoms with van der Waals surface area (Å²) in [5, 5.41) is 3.03. The zero-order valence-electron chi connectivity index (χ0n) is 11.7. The van der Waals surface area contributed by atoms with Gasteiger partial charge in [0.15, 0.2) is 0 Å². The van der Waals surface area contributed by atoms with Gasteiger partial charge in [0, 0.05) is 6.54 Å². The van der Waals surface area contributed by atoms with E-state index in [1.165, 1.54) is 19.3 Å². The molecule has 0 saturated heterocycles. The van der Waals surface area contributed by atoms with E-state index in [2.05, 4.69) is 19.2 Å². The molecule has 1 atom stereocenters. The predicted molar refractivity (Wildman–Crippen MR) is 82.4 cm³/mol. The smallest absolute Gasteiger partial charge is 0.236 e. The summed E-state index contributed by atoms with van der Waals surface area (Å²) in [7, 11) is 0.